The van der Waals surface area contributed by atoms with Crippen LogP contribution in [0, 0.1) is 25.2 Å². The van der Waals surface area contributed by atoms with Gasteiger partial charge in [-0.15, -0.1) is 5.10 Å². The van der Waals surface area contributed by atoms with Crippen molar-refractivity contribution >= 4 is 52.2 Å². The second kappa shape index (κ2) is 9.15. The zero-order chi connectivity index (χ0) is 21.8. The Hall–Kier alpha value is -3.09. The maximum absolute atomic E-state index is 12.3. The summed E-state index contributed by atoms with van der Waals surface area (Å²) in [6, 6.07) is 9.06. The van der Waals surface area contributed by atoms with Gasteiger partial charge in [-0.05, 0) is 37.6 Å². The summed E-state index contributed by atoms with van der Waals surface area (Å²) in [5.41, 5.74) is 3.55. The Morgan fingerprint density at radius 3 is 2.93 bits per heavy atom. The normalized spacial score (nSPS) is 17.4. The van der Waals surface area contributed by atoms with Crippen LogP contribution in [0.15, 0.2) is 34.5 Å². The molecule has 0 spiro atoms. The molecule has 0 saturated carbocycles. The highest BCUT2D eigenvalue weighted by Gasteiger charge is 2.32. The van der Waals surface area contributed by atoms with Gasteiger partial charge < -0.3 is 15.2 Å². The van der Waals surface area contributed by atoms with Crippen LogP contribution < -0.4 is 10.6 Å². The molecule has 2 heterocycles. The number of anilines is 1. The number of halogens is 1. The highest BCUT2D eigenvalue weighted by molar-refractivity contribution is 8.15. The minimum atomic E-state index is -0.595. The number of thioether (sulfide) groups is 1. The second-order valence-corrected chi connectivity index (χ2v) is 8.25. The molecule has 1 aliphatic heterocycles. The number of nitrogens with one attached hydrogen (secondary N) is 2. The van der Waals surface area contributed by atoms with Crippen molar-refractivity contribution in [3.8, 4) is 6.07 Å². The average molecular weight is 443 g/mol. The van der Waals surface area contributed by atoms with Gasteiger partial charge in [-0.3, -0.25) is 9.59 Å². The van der Waals surface area contributed by atoms with Gasteiger partial charge in [0.25, 0.3) is 0 Å². The third kappa shape index (κ3) is 4.72. The topological polar surface area (TPSA) is 112 Å². The van der Waals surface area contributed by atoms with Gasteiger partial charge in [0, 0.05) is 35.4 Å². The van der Waals surface area contributed by atoms with Gasteiger partial charge in [0.05, 0.1) is 6.21 Å². The second-order valence-electron chi connectivity index (χ2n) is 6.65. The molecule has 1 aromatic heterocycles. The van der Waals surface area contributed by atoms with Crippen molar-refractivity contribution in [3.63, 3.8) is 0 Å². The molecule has 2 aromatic rings. The number of hydrogen-bond donors (Lipinski definition) is 2. The molecule has 1 saturated heterocycles. The first kappa shape index (κ1) is 21.6. The molecule has 8 nitrogen and oxygen atoms in total. The van der Waals surface area contributed by atoms with E-state index < -0.39 is 5.25 Å². The van der Waals surface area contributed by atoms with E-state index in [1.54, 1.807) is 35.9 Å². The molecular weight excluding hydrogens is 424 g/mol. The SMILES string of the molecule is Cc1c(Cl)cccc1NC(=O)CC1S/C(=N\N=C\c2cc(C#N)n(C)c2C)NC1=O. The number of aromatic nitrogens is 1. The molecule has 2 amide bonds. The largest absolute Gasteiger partial charge is 0.339 e. The summed E-state index contributed by atoms with van der Waals surface area (Å²) in [4.78, 5) is 24.5. The van der Waals surface area contributed by atoms with Gasteiger partial charge in [0.1, 0.15) is 17.0 Å². The number of amides is 2. The minimum absolute atomic E-state index is 0.00545. The lowest BCUT2D eigenvalue weighted by atomic mass is 10.2. The van der Waals surface area contributed by atoms with E-state index >= 15 is 0 Å². The van der Waals surface area contributed by atoms with Crippen molar-refractivity contribution in [1.29, 1.82) is 5.26 Å². The number of nitrogens with zero attached hydrogens (tertiary/aromatic N) is 4. The smallest absolute Gasteiger partial charge is 0.240 e. The van der Waals surface area contributed by atoms with Crippen molar-refractivity contribution < 1.29 is 9.59 Å². The molecule has 0 radical (unpaired) electrons. The van der Waals surface area contributed by atoms with Crippen molar-refractivity contribution in [1.82, 2.24) is 9.88 Å². The van der Waals surface area contributed by atoms with Crippen LogP contribution >= 0.6 is 23.4 Å². The van der Waals surface area contributed by atoms with Gasteiger partial charge in [-0.25, -0.2) is 0 Å². The van der Waals surface area contributed by atoms with Gasteiger partial charge in [0.15, 0.2) is 5.17 Å². The zero-order valence-corrected chi connectivity index (χ0v) is 18.1. The van der Waals surface area contributed by atoms with Crippen LogP contribution in [0.5, 0.6) is 0 Å². The Balaban J connectivity index is 1.61. The molecule has 30 heavy (non-hydrogen) atoms. The maximum atomic E-state index is 12.3. The van der Waals surface area contributed by atoms with Crippen LogP contribution in [0.3, 0.4) is 0 Å². The molecule has 0 aliphatic carbocycles. The predicted octanol–water partition coefficient (Wildman–Crippen LogP) is 3.12. The minimum Gasteiger partial charge on any atom is -0.339 e. The van der Waals surface area contributed by atoms with E-state index in [4.69, 9.17) is 16.9 Å². The molecule has 0 bridgehead atoms. The standard InChI is InChI=1S/C20H19ClN6O2S/c1-11-15(21)5-4-6-16(11)24-18(28)8-17-19(29)25-20(30-17)26-23-10-13-7-14(9-22)27(3)12(13)2/h4-7,10,17H,8H2,1-3H3,(H,24,28)(H,25,26,29)/b23-10+. The first-order chi connectivity index (χ1) is 14.3. The fourth-order valence-electron chi connectivity index (χ4n) is 2.80. The fraction of sp³-hybridized carbons (Fsp3) is 0.250. The molecule has 1 atom stereocenters. The molecular formula is C20H19ClN6O2S. The monoisotopic (exact) mass is 442 g/mol. The Bertz CT molecular complexity index is 1120. The van der Waals surface area contributed by atoms with Crippen LogP contribution in [0.25, 0.3) is 0 Å². The van der Waals surface area contributed by atoms with Gasteiger partial charge in [0.2, 0.25) is 11.8 Å². The first-order valence-electron chi connectivity index (χ1n) is 9.00. The Morgan fingerprint density at radius 1 is 1.47 bits per heavy atom. The van der Waals surface area contributed by atoms with Gasteiger partial charge in [-0.2, -0.15) is 10.4 Å². The lowest BCUT2D eigenvalue weighted by Gasteiger charge is -2.10. The summed E-state index contributed by atoms with van der Waals surface area (Å²) in [5.74, 6) is -0.587. The Labute approximate surface area is 183 Å². The van der Waals surface area contributed by atoms with E-state index in [-0.39, 0.29) is 18.2 Å². The van der Waals surface area contributed by atoms with Gasteiger partial charge >= 0.3 is 0 Å². The number of hydrogen-bond acceptors (Lipinski definition) is 6. The summed E-state index contributed by atoms with van der Waals surface area (Å²) in [6.07, 6.45) is 1.52. The van der Waals surface area contributed by atoms with E-state index in [0.29, 0.717) is 21.6 Å². The highest BCUT2D eigenvalue weighted by Crippen LogP contribution is 2.26. The summed E-state index contributed by atoms with van der Waals surface area (Å²) < 4.78 is 1.76. The number of carbonyl (C=O) groups excluding carboxylic acids is 2. The lowest BCUT2D eigenvalue weighted by molar-refractivity contribution is -0.122. The quantitative estimate of drug-likeness (QED) is 0.547. The average Bonchev–Trinajstić information content (AvgIpc) is 3.19. The van der Waals surface area contributed by atoms with Crippen molar-refractivity contribution in [2.45, 2.75) is 25.5 Å². The summed E-state index contributed by atoms with van der Waals surface area (Å²) >= 11 is 7.21. The van der Waals surface area contributed by atoms with Crippen molar-refractivity contribution in [2.24, 2.45) is 17.3 Å². The fourth-order valence-corrected chi connectivity index (χ4v) is 3.90. The third-order valence-corrected chi connectivity index (χ3v) is 6.21. The van der Waals surface area contributed by atoms with E-state index in [1.807, 2.05) is 13.8 Å². The van der Waals surface area contributed by atoms with Crippen molar-refractivity contribution in [3.05, 3.63) is 51.8 Å². The van der Waals surface area contributed by atoms with E-state index in [0.717, 1.165) is 28.6 Å². The number of benzene rings is 1. The molecule has 2 N–H and O–H groups in total. The maximum Gasteiger partial charge on any atom is 0.240 e. The number of nitriles is 1. The molecule has 1 aromatic carbocycles. The van der Waals surface area contributed by atoms with Gasteiger partial charge in [-0.1, -0.05) is 29.4 Å². The van der Waals surface area contributed by atoms with E-state index in [2.05, 4.69) is 26.9 Å². The molecule has 1 unspecified atom stereocenters. The highest BCUT2D eigenvalue weighted by atomic mass is 35.5. The molecule has 1 fully saturated rings. The van der Waals surface area contributed by atoms with E-state index in [1.165, 1.54) is 6.21 Å². The molecule has 3 rings (SSSR count). The summed E-state index contributed by atoms with van der Waals surface area (Å²) in [5, 5.41) is 22.8. The summed E-state index contributed by atoms with van der Waals surface area (Å²) in [6.45, 7) is 3.68. The Kier molecular flexibility index (Phi) is 6.59. The van der Waals surface area contributed by atoms with E-state index in [9.17, 15) is 9.59 Å². The van der Waals surface area contributed by atoms with Crippen LogP contribution in [0.1, 0.15) is 28.9 Å². The van der Waals surface area contributed by atoms with Crippen molar-refractivity contribution in [2.75, 3.05) is 5.32 Å². The number of amidine groups is 1. The summed E-state index contributed by atoms with van der Waals surface area (Å²) in [7, 11) is 1.80. The lowest BCUT2D eigenvalue weighted by Crippen LogP contribution is -2.28. The first-order valence-corrected chi connectivity index (χ1v) is 10.3. The van der Waals surface area contributed by atoms with Crippen LogP contribution in [-0.2, 0) is 16.6 Å². The van der Waals surface area contributed by atoms with Crippen LogP contribution in [0.2, 0.25) is 5.02 Å². The number of carbonyl (C=O) groups is 2. The molecule has 1 aliphatic rings. The molecule has 10 heteroatoms. The van der Waals surface area contributed by atoms with Crippen LogP contribution in [-0.4, -0.2) is 33.0 Å². The number of rotatable bonds is 5. The molecule has 154 valence electrons. The Morgan fingerprint density at radius 2 is 2.23 bits per heavy atom. The van der Waals surface area contributed by atoms with Crippen LogP contribution in [0.4, 0.5) is 5.69 Å². The third-order valence-electron chi connectivity index (χ3n) is 4.72. The zero-order valence-electron chi connectivity index (χ0n) is 16.6. The predicted molar refractivity (Wildman–Crippen MR) is 119 cm³/mol.